The zero-order valence-corrected chi connectivity index (χ0v) is 20.5. The zero-order chi connectivity index (χ0) is 24.4. The van der Waals surface area contributed by atoms with Crippen LogP contribution in [-0.2, 0) is 11.3 Å². The van der Waals surface area contributed by atoms with Gasteiger partial charge in [-0.2, -0.15) is 0 Å². The van der Waals surface area contributed by atoms with E-state index in [2.05, 4.69) is 10.2 Å². The quantitative estimate of drug-likeness (QED) is 0.693. The molecule has 0 radical (unpaired) electrons. The second kappa shape index (κ2) is 10.5. The molecule has 186 valence electrons. The number of rotatable bonds is 6. The number of aryl methyl sites for hydroxylation is 1. The summed E-state index contributed by atoms with van der Waals surface area (Å²) in [5, 5.41) is 3.36. The van der Waals surface area contributed by atoms with Gasteiger partial charge in [-0.25, -0.2) is 4.39 Å². The average molecular weight is 479 g/mol. The van der Waals surface area contributed by atoms with Gasteiger partial charge in [-0.3, -0.25) is 14.5 Å². The van der Waals surface area contributed by atoms with Crippen LogP contribution in [0, 0.1) is 12.7 Å². The topological polar surface area (TPSA) is 55.9 Å². The fourth-order valence-corrected chi connectivity index (χ4v) is 5.41. The summed E-state index contributed by atoms with van der Waals surface area (Å²) in [5.41, 5.74) is 2.79. The molecule has 2 atom stereocenters. The van der Waals surface area contributed by atoms with Crippen LogP contribution in [-0.4, -0.2) is 77.4 Å². The molecular formula is C28H35FN4O2. The summed E-state index contributed by atoms with van der Waals surface area (Å²) in [7, 11) is 0. The Hall–Kier alpha value is -2.77. The second-order valence-corrected chi connectivity index (χ2v) is 10.2. The maximum atomic E-state index is 13.7. The molecule has 1 aliphatic carbocycles. The van der Waals surface area contributed by atoms with E-state index in [4.69, 9.17) is 0 Å². The van der Waals surface area contributed by atoms with Crippen molar-refractivity contribution in [3.8, 4) is 0 Å². The molecule has 3 aliphatic rings. The number of hydrogen-bond acceptors (Lipinski definition) is 4. The number of nitrogens with zero attached hydrogens (tertiary/aromatic N) is 3. The van der Waals surface area contributed by atoms with Crippen molar-refractivity contribution < 1.29 is 14.0 Å². The Bertz CT molecular complexity index is 1030. The van der Waals surface area contributed by atoms with E-state index in [1.165, 1.54) is 12.1 Å². The van der Waals surface area contributed by atoms with E-state index >= 15 is 0 Å². The van der Waals surface area contributed by atoms with Crippen molar-refractivity contribution in [1.29, 1.82) is 0 Å². The minimum Gasteiger partial charge on any atom is -0.340 e. The molecule has 2 aromatic rings. The molecule has 0 bridgehead atoms. The molecule has 0 spiro atoms. The van der Waals surface area contributed by atoms with Crippen LogP contribution in [0.5, 0.6) is 0 Å². The van der Waals surface area contributed by atoms with Crippen LogP contribution >= 0.6 is 0 Å². The highest BCUT2D eigenvalue weighted by atomic mass is 19.1. The van der Waals surface area contributed by atoms with Crippen molar-refractivity contribution in [1.82, 2.24) is 20.0 Å². The van der Waals surface area contributed by atoms with Gasteiger partial charge in [0.1, 0.15) is 11.9 Å². The molecule has 2 saturated heterocycles. The highest BCUT2D eigenvalue weighted by molar-refractivity contribution is 5.98. The van der Waals surface area contributed by atoms with Crippen LogP contribution in [0.4, 0.5) is 4.39 Å². The number of nitrogens with one attached hydrogen (secondary N) is 1. The van der Waals surface area contributed by atoms with Crippen LogP contribution in [0.1, 0.15) is 47.2 Å². The molecule has 5 rings (SSSR count). The summed E-state index contributed by atoms with van der Waals surface area (Å²) in [5.74, 6) is -0.245. The van der Waals surface area contributed by atoms with Crippen molar-refractivity contribution in [2.45, 2.75) is 57.3 Å². The molecule has 35 heavy (non-hydrogen) atoms. The van der Waals surface area contributed by atoms with E-state index < -0.39 is 6.04 Å². The minimum absolute atomic E-state index is 0.0641. The maximum Gasteiger partial charge on any atom is 0.254 e. The summed E-state index contributed by atoms with van der Waals surface area (Å²) in [6.45, 7) is 6.34. The molecule has 1 N–H and O–H groups in total. The summed E-state index contributed by atoms with van der Waals surface area (Å²) < 4.78 is 13.5. The Morgan fingerprint density at radius 1 is 1.00 bits per heavy atom. The number of benzene rings is 2. The summed E-state index contributed by atoms with van der Waals surface area (Å²) in [6, 6.07) is 14.4. The molecule has 2 aliphatic heterocycles. The van der Waals surface area contributed by atoms with Gasteiger partial charge in [0.05, 0.1) is 0 Å². The maximum absolute atomic E-state index is 13.7. The number of carbonyl (C=O) groups is 2. The molecule has 6 nitrogen and oxygen atoms in total. The molecule has 2 heterocycles. The fourth-order valence-electron chi connectivity index (χ4n) is 5.41. The van der Waals surface area contributed by atoms with Crippen molar-refractivity contribution in [3.63, 3.8) is 0 Å². The van der Waals surface area contributed by atoms with Gasteiger partial charge in [0, 0.05) is 50.4 Å². The van der Waals surface area contributed by atoms with Crippen molar-refractivity contribution in [2.24, 2.45) is 0 Å². The van der Waals surface area contributed by atoms with Gasteiger partial charge in [0.25, 0.3) is 5.91 Å². The van der Waals surface area contributed by atoms with E-state index in [9.17, 15) is 14.0 Å². The summed E-state index contributed by atoms with van der Waals surface area (Å²) in [6.07, 6.45) is 3.81. The van der Waals surface area contributed by atoms with Crippen molar-refractivity contribution >= 4 is 11.8 Å². The first-order valence-electron chi connectivity index (χ1n) is 12.9. The van der Waals surface area contributed by atoms with Crippen LogP contribution < -0.4 is 5.32 Å². The van der Waals surface area contributed by atoms with Crippen LogP contribution in [0.3, 0.4) is 0 Å². The lowest BCUT2D eigenvalue weighted by Gasteiger charge is -2.29. The number of halogens is 1. The highest BCUT2D eigenvalue weighted by Crippen LogP contribution is 2.35. The third kappa shape index (κ3) is 5.57. The molecule has 2 amide bonds. The van der Waals surface area contributed by atoms with Crippen LogP contribution in [0.2, 0.25) is 0 Å². The Morgan fingerprint density at radius 2 is 1.74 bits per heavy atom. The fraction of sp³-hybridized carbons (Fsp3) is 0.500. The Balaban J connectivity index is 1.40. The lowest BCUT2D eigenvalue weighted by atomic mass is 10.1. The molecule has 3 fully saturated rings. The Kier molecular flexibility index (Phi) is 7.16. The Labute approximate surface area is 207 Å². The Morgan fingerprint density at radius 3 is 2.46 bits per heavy atom. The van der Waals surface area contributed by atoms with Gasteiger partial charge in [-0.1, -0.05) is 29.8 Å². The number of amides is 2. The third-order valence-corrected chi connectivity index (χ3v) is 7.54. The van der Waals surface area contributed by atoms with Gasteiger partial charge in [-0.05, 0) is 69.0 Å². The van der Waals surface area contributed by atoms with E-state index in [0.717, 1.165) is 50.0 Å². The molecule has 0 aromatic heterocycles. The molecule has 7 heteroatoms. The largest absolute Gasteiger partial charge is 0.340 e. The molecular weight excluding hydrogens is 443 g/mol. The highest BCUT2D eigenvalue weighted by Gasteiger charge is 2.46. The van der Waals surface area contributed by atoms with E-state index in [0.29, 0.717) is 37.7 Å². The number of carbonyl (C=O) groups excluding carboxylic acids is 2. The molecule has 2 aromatic carbocycles. The minimum atomic E-state index is -0.457. The van der Waals surface area contributed by atoms with Gasteiger partial charge < -0.3 is 15.1 Å². The zero-order valence-electron chi connectivity index (χ0n) is 20.5. The number of likely N-dealkylation sites (tertiary alicyclic amines) is 1. The normalized spacial score (nSPS) is 22.9. The van der Waals surface area contributed by atoms with Gasteiger partial charge in [0.2, 0.25) is 5.91 Å². The SMILES string of the molecule is Cc1ccc(C(=O)N2CC(N(Cc3ccc(F)cc3)C3CC3)CC2C(=O)N2CCCNCC2)cc1. The smallest absolute Gasteiger partial charge is 0.254 e. The van der Waals surface area contributed by atoms with Crippen LogP contribution in [0.15, 0.2) is 48.5 Å². The second-order valence-electron chi connectivity index (χ2n) is 10.2. The lowest BCUT2D eigenvalue weighted by Crippen LogP contribution is -2.48. The summed E-state index contributed by atoms with van der Waals surface area (Å²) in [4.78, 5) is 33.6. The average Bonchev–Trinajstić information content (AvgIpc) is 3.66. The first kappa shape index (κ1) is 23.9. The third-order valence-electron chi connectivity index (χ3n) is 7.54. The predicted octanol–water partition coefficient (Wildman–Crippen LogP) is 3.20. The van der Waals surface area contributed by atoms with E-state index in [-0.39, 0.29) is 23.7 Å². The standard InChI is InChI=1S/C28H35FN4O2/c1-20-3-7-22(8-4-20)27(34)33-19-25(17-26(33)28(35)31-15-2-13-30-14-16-31)32(24-11-12-24)18-21-5-9-23(29)10-6-21/h3-10,24-26,30H,2,11-19H2,1H3. The molecule has 1 saturated carbocycles. The monoisotopic (exact) mass is 478 g/mol. The first-order valence-corrected chi connectivity index (χ1v) is 12.9. The predicted molar refractivity (Wildman–Crippen MR) is 133 cm³/mol. The van der Waals surface area contributed by atoms with Crippen molar-refractivity contribution in [3.05, 3.63) is 71.0 Å². The lowest BCUT2D eigenvalue weighted by molar-refractivity contribution is -0.135. The van der Waals surface area contributed by atoms with E-state index in [1.54, 1.807) is 0 Å². The van der Waals surface area contributed by atoms with Gasteiger partial charge >= 0.3 is 0 Å². The van der Waals surface area contributed by atoms with Crippen LogP contribution in [0.25, 0.3) is 0 Å². The summed E-state index contributed by atoms with van der Waals surface area (Å²) >= 11 is 0. The van der Waals surface area contributed by atoms with Gasteiger partial charge in [0.15, 0.2) is 0 Å². The molecule has 2 unspecified atom stereocenters. The van der Waals surface area contributed by atoms with Gasteiger partial charge in [-0.15, -0.1) is 0 Å². The number of hydrogen-bond donors (Lipinski definition) is 1. The van der Waals surface area contributed by atoms with Crippen molar-refractivity contribution in [2.75, 3.05) is 32.7 Å². The van der Waals surface area contributed by atoms with E-state index in [1.807, 2.05) is 53.1 Å². The first-order chi connectivity index (χ1) is 17.0.